The van der Waals surface area contributed by atoms with Gasteiger partial charge in [0.05, 0.1) is 17.7 Å². The van der Waals surface area contributed by atoms with E-state index in [1.807, 2.05) is 60.7 Å². The molecule has 4 nitrogen and oxygen atoms in total. The number of pyridine rings is 1. The van der Waals surface area contributed by atoms with Crippen LogP contribution < -0.4 is 5.32 Å². The van der Waals surface area contributed by atoms with Gasteiger partial charge in [0.15, 0.2) is 16.8 Å². The van der Waals surface area contributed by atoms with Gasteiger partial charge >= 0.3 is 0 Å². The molecule has 0 aliphatic rings. The van der Waals surface area contributed by atoms with Gasteiger partial charge in [-0.2, -0.15) is 0 Å². The van der Waals surface area contributed by atoms with Gasteiger partial charge in [-0.15, -0.1) is 0 Å². The van der Waals surface area contributed by atoms with Crippen LogP contribution in [0.25, 0.3) is 0 Å². The second kappa shape index (κ2) is 8.75. The second-order valence-electron chi connectivity index (χ2n) is 5.58. The quantitative estimate of drug-likeness (QED) is 0.249. The highest BCUT2D eigenvalue weighted by molar-refractivity contribution is 6.35. The highest BCUT2D eigenvalue weighted by Gasteiger charge is 2.18. The van der Waals surface area contributed by atoms with Crippen LogP contribution in [0.2, 0.25) is 10.3 Å². The number of aromatic nitrogens is 1. The molecular formula is C20H14Cl2FN3O. The van der Waals surface area contributed by atoms with Crippen molar-refractivity contribution in [3.8, 4) is 0 Å². The standard InChI is InChI=1S/C20H14Cl2FN3O/c21-19-15(11-16(23)20(22)26-19)17(27)12-18(24-13-7-3-1-4-8-13)25-14-9-5-2-6-10-14/h1-11H,12H2,(H,24,25). The molecule has 2 aromatic carbocycles. The number of benzene rings is 2. The van der Waals surface area contributed by atoms with E-state index < -0.39 is 11.6 Å². The number of carbonyl (C=O) groups is 1. The molecule has 1 N–H and O–H groups in total. The Labute approximate surface area is 165 Å². The molecule has 0 radical (unpaired) electrons. The Morgan fingerprint density at radius 3 is 2.30 bits per heavy atom. The first-order valence-corrected chi connectivity index (χ1v) is 8.78. The van der Waals surface area contributed by atoms with Crippen molar-refractivity contribution >= 4 is 46.2 Å². The van der Waals surface area contributed by atoms with E-state index in [4.69, 9.17) is 23.2 Å². The van der Waals surface area contributed by atoms with Crippen molar-refractivity contribution in [2.75, 3.05) is 5.32 Å². The van der Waals surface area contributed by atoms with Gasteiger partial charge < -0.3 is 5.32 Å². The number of para-hydroxylation sites is 2. The molecule has 0 bridgehead atoms. The Bertz CT molecular complexity index is 979. The lowest BCUT2D eigenvalue weighted by atomic mass is 10.1. The minimum Gasteiger partial charge on any atom is -0.343 e. The van der Waals surface area contributed by atoms with Gasteiger partial charge in [0, 0.05) is 5.69 Å². The minimum atomic E-state index is -0.804. The first-order valence-electron chi connectivity index (χ1n) is 8.02. The van der Waals surface area contributed by atoms with E-state index in [1.54, 1.807) is 0 Å². The van der Waals surface area contributed by atoms with Crippen LogP contribution in [-0.2, 0) is 0 Å². The average molecular weight is 402 g/mol. The Morgan fingerprint density at radius 2 is 1.63 bits per heavy atom. The van der Waals surface area contributed by atoms with E-state index in [2.05, 4.69) is 15.3 Å². The Hall–Kier alpha value is -2.76. The van der Waals surface area contributed by atoms with Gasteiger partial charge in [-0.25, -0.2) is 14.4 Å². The monoisotopic (exact) mass is 401 g/mol. The molecular weight excluding hydrogens is 388 g/mol. The smallest absolute Gasteiger partial charge is 0.173 e. The molecule has 0 spiro atoms. The van der Waals surface area contributed by atoms with Gasteiger partial charge in [-0.1, -0.05) is 59.6 Å². The zero-order chi connectivity index (χ0) is 19.2. The van der Waals surface area contributed by atoms with E-state index in [-0.39, 0.29) is 22.3 Å². The summed E-state index contributed by atoms with van der Waals surface area (Å²) in [6, 6.07) is 19.5. The number of ketones is 1. The zero-order valence-corrected chi connectivity index (χ0v) is 15.5. The molecule has 3 rings (SSSR count). The number of amidine groups is 1. The fourth-order valence-electron chi connectivity index (χ4n) is 2.35. The van der Waals surface area contributed by atoms with Crippen LogP contribution in [0.5, 0.6) is 0 Å². The lowest BCUT2D eigenvalue weighted by molar-refractivity contribution is 0.1000. The van der Waals surface area contributed by atoms with Crippen molar-refractivity contribution in [1.82, 2.24) is 4.98 Å². The van der Waals surface area contributed by atoms with Crippen LogP contribution >= 0.6 is 23.2 Å². The zero-order valence-electron chi connectivity index (χ0n) is 14.0. The number of halogens is 3. The van der Waals surface area contributed by atoms with Crippen LogP contribution in [0.3, 0.4) is 0 Å². The van der Waals surface area contributed by atoms with Gasteiger partial charge in [0.2, 0.25) is 0 Å². The predicted octanol–water partition coefficient (Wildman–Crippen LogP) is 5.94. The third kappa shape index (κ3) is 5.12. The molecule has 1 aromatic heterocycles. The van der Waals surface area contributed by atoms with Crippen LogP contribution in [-0.4, -0.2) is 16.6 Å². The van der Waals surface area contributed by atoms with Gasteiger partial charge in [0.1, 0.15) is 11.0 Å². The van der Waals surface area contributed by atoms with Gasteiger partial charge in [-0.05, 0) is 30.3 Å². The van der Waals surface area contributed by atoms with Crippen molar-refractivity contribution < 1.29 is 9.18 Å². The van der Waals surface area contributed by atoms with E-state index >= 15 is 0 Å². The van der Waals surface area contributed by atoms with E-state index in [0.717, 1.165) is 11.8 Å². The van der Waals surface area contributed by atoms with Crippen LogP contribution in [0.15, 0.2) is 71.7 Å². The predicted molar refractivity (Wildman–Crippen MR) is 107 cm³/mol. The first-order chi connectivity index (χ1) is 13.0. The molecule has 3 aromatic rings. The number of aliphatic imine (C=N–C) groups is 1. The number of hydrogen-bond acceptors (Lipinski definition) is 3. The molecule has 27 heavy (non-hydrogen) atoms. The number of Topliss-reactive ketones (excluding diaryl/α,β-unsaturated/α-hetero) is 1. The summed E-state index contributed by atoms with van der Waals surface area (Å²) in [4.78, 5) is 20.8. The summed E-state index contributed by atoms with van der Waals surface area (Å²) >= 11 is 11.5. The van der Waals surface area contributed by atoms with Crippen LogP contribution in [0, 0.1) is 5.82 Å². The Kier molecular flexibility index (Phi) is 6.16. The fourth-order valence-corrected chi connectivity index (χ4v) is 2.77. The van der Waals surface area contributed by atoms with Crippen molar-refractivity contribution in [2.24, 2.45) is 4.99 Å². The first kappa shape index (κ1) is 19.0. The molecule has 0 saturated carbocycles. The largest absolute Gasteiger partial charge is 0.343 e. The average Bonchev–Trinajstić information content (AvgIpc) is 2.66. The van der Waals surface area contributed by atoms with Crippen molar-refractivity contribution in [3.63, 3.8) is 0 Å². The highest BCUT2D eigenvalue weighted by Crippen LogP contribution is 2.22. The molecule has 0 amide bonds. The molecule has 0 atom stereocenters. The molecule has 0 fully saturated rings. The Morgan fingerprint density at radius 1 is 1.00 bits per heavy atom. The maximum absolute atomic E-state index is 13.7. The molecule has 7 heteroatoms. The number of carbonyl (C=O) groups excluding carboxylic acids is 1. The van der Waals surface area contributed by atoms with E-state index in [1.165, 1.54) is 0 Å². The lowest BCUT2D eigenvalue weighted by Gasteiger charge is -2.11. The number of rotatable bonds is 5. The van der Waals surface area contributed by atoms with E-state index in [0.29, 0.717) is 11.5 Å². The van der Waals surface area contributed by atoms with Crippen LogP contribution in [0.4, 0.5) is 15.8 Å². The Balaban J connectivity index is 1.90. The fraction of sp³-hybridized carbons (Fsp3) is 0.0500. The van der Waals surface area contributed by atoms with Crippen molar-refractivity contribution in [3.05, 3.63) is 88.4 Å². The normalized spacial score (nSPS) is 11.3. The lowest BCUT2D eigenvalue weighted by Crippen LogP contribution is -2.17. The summed E-state index contributed by atoms with van der Waals surface area (Å²) in [7, 11) is 0. The van der Waals surface area contributed by atoms with E-state index in [9.17, 15) is 9.18 Å². The topological polar surface area (TPSA) is 54.4 Å². The molecule has 0 aliphatic heterocycles. The SMILES string of the molecule is O=C(CC(=Nc1ccccc1)Nc1ccccc1)c1cc(F)c(Cl)nc1Cl. The highest BCUT2D eigenvalue weighted by atomic mass is 35.5. The number of nitrogens with zero attached hydrogens (tertiary/aromatic N) is 2. The maximum Gasteiger partial charge on any atom is 0.173 e. The molecule has 0 saturated heterocycles. The van der Waals surface area contributed by atoms with Crippen molar-refractivity contribution in [2.45, 2.75) is 6.42 Å². The summed E-state index contributed by atoms with van der Waals surface area (Å²) in [5.41, 5.74) is 1.40. The molecule has 136 valence electrons. The third-order valence-electron chi connectivity index (χ3n) is 3.60. The number of anilines is 1. The van der Waals surface area contributed by atoms with Gasteiger partial charge in [-0.3, -0.25) is 4.79 Å². The molecule has 0 aliphatic carbocycles. The van der Waals surface area contributed by atoms with Crippen molar-refractivity contribution in [1.29, 1.82) is 0 Å². The maximum atomic E-state index is 13.7. The third-order valence-corrected chi connectivity index (χ3v) is 4.15. The summed E-state index contributed by atoms with van der Waals surface area (Å²) in [5, 5.41) is 2.59. The summed E-state index contributed by atoms with van der Waals surface area (Å²) < 4.78 is 13.7. The van der Waals surface area contributed by atoms with Crippen LogP contribution in [0.1, 0.15) is 16.8 Å². The molecule has 1 heterocycles. The summed E-state index contributed by atoms with van der Waals surface area (Å²) in [6.45, 7) is 0. The molecule has 0 unspecified atom stereocenters. The number of hydrogen-bond donors (Lipinski definition) is 1. The second-order valence-corrected chi connectivity index (χ2v) is 6.30. The number of nitrogens with one attached hydrogen (secondary N) is 1. The summed E-state index contributed by atoms with van der Waals surface area (Å²) in [5.74, 6) is -0.841. The van der Waals surface area contributed by atoms with Gasteiger partial charge in [0.25, 0.3) is 0 Å². The minimum absolute atomic E-state index is 0.0470. The summed E-state index contributed by atoms with van der Waals surface area (Å²) in [6.07, 6.45) is -0.119.